The fraction of sp³-hybridized carbons (Fsp3) is 0.182. The van der Waals surface area contributed by atoms with E-state index in [9.17, 15) is 9.59 Å². The first-order valence-electron chi connectivity index (χ1n) is 8.60. The number of nitrogens with zero attached hydrogens (tertiary/aromatic N) is 1. The molecule has 3 rings (SSSR count). The molecule has 0 heterocycles. The summed E-state index contributed by atoms with van der Waals surface area (Å²) < 4.78 is 5.23. The molecule has 0 saturated carbocycles. The highest BCUT2D eigenvalue weighted by molar-refractivity contribution is 6.01. The maximum Gasteiger partial charge on any atom is 0.329 e. The van der Waals surface area contributed by atoms with E-state index in [1.807, 2.05) is 79.2 Å². The number of carbonyl (C=O) groups is 1. The predicted molar refractivity (Wildman–Crippen MR) is 103 cm³/mol. The van der Waals surface area contributed by atoms with Gasteiger partial charge in [-0.05, 0) is 23.9 Å². The minimum absolute atomic E-state index is 0.256. The highest BCUT2D eigenvalue weighted by Gasteiger charge is 2.29. The van der Waals surface area contributed by atoms with Crippen LogP contribution < -0.4 is 4.90 Å². The van der Waals surface area contributed by atoms with Gasteiger partial charge in [-0.15, -0.1) is 0 Å². The minimum atomic E-state index is -0.777. The molecule has 0 saturated heterocycles. The topological polar surface area (TPSA) is 46.6 Å². The molecule has 1 unspecified atom stereocenters. The molecular formula is C22H20NO3. The van der Waals surface area contributed by atoms with Crippen LogP contribution in [0.2, 0.25) is 0 Å². The Morgan fingerprint density at radius 3 is 2.42 bits per heavy atom. The van der Waals surface area contributed by atoms with Gasteiger partial charge in [0, 0.05) is 11.8 Å². The Hall–Kier alpha value is -3.14. The van der Waals surface area contributed by atoms with Gasteiger partial charge in [0.1, 0.15) is 6.04 Å². The van der Waals surface area contributed by atoms with Crippen molar-refractivity contribution in [2.24, 2.45) is 0 Å². The van der Waals surface area contributed by atoms with Crippen LogP contribution in [0.3, 0.4) is 0 Å². The predicted octanol–water partition coefficient (Wildman–Crippen LogP) is 3.89. The largest absolute Gasteiger partial charge is 0.464 e. The van der Waals surface area contributed by atoms with E-state index < -0.39 is 12.0 Å². The molecule has 0 fully saturated rings. The Labute approximate surface area is 153 Å². The van der Waals surface area contributed by atoms with Crippen molar-refractivity contribution >= 4 is 28.8 Å². The molecule has 3 aromatic carbocycles. The smallest absolute Gasteiger partial charge is 0.329 e. The molecule has 131 valence electrons. The first-order valence-corrected chi connectivity index (χ1v) is 8.60. The Balaban J connectivity index is 2.04. The second kappa shape index (κ2) is 8.30. The number of esters is 1. The van der Waals surface area contributed by atoms with Crippen LogP contribution in [0.4, 0.5) is 5.69 Å². The molecule has 4 heteroatoms. The lowest BCUT2D eigenvalue weighted by molar-refractivity contribution is -0.144. The van der Waals surface area contributed by atoms with E-state index in [1.165, 1.54) is 4.90 Å². The zero-order valence-corrected chi connectivity index (χ0v) is 14.6. The number of rotatable bonds is 7. The van der Waals surface area contributed by atoms with Crippen molar-refractivity contribution in [3.8, 4) is 0 Å². The first kappa shape index (κ1) is 17.7. The molecule has 3 aromatic rings. The van der Waals surface area contributed by atoms with Gasteiger partial charge in [0.2, 0.25) is 0 Å². The summed E-state index contributed by atoms with van der Waals surface area (Å²) in [7, 11) is 0. The van der Waals surface area contributed by atoms with Gasteiger partial charge < -0.3 is 4.74 Å². The van der Waals surface area contributed by atoms with Crippen LogP contribution in [-0.2, 0) is 20.7 Å². The zero-order chi connectivity index (χ0) is 18.4. The Kier molecular flexibility index (Phi) is 5.64. The number of anilines is 1. The summed E-state index contributed by atoms with van der Waals surface area (Å²) in [5.41, 5.74) is 1.60. The van der Waals surface area contributed by atoms with Crippen molar-refractivity contribution < 1.29 is 14.3 Å². The molecule has 0 aliphatic heterocycles. The third-order valence-electron chi connectivity index (χ3n) is 4.27. The van der Waals surface area contributed by atoms with Gasteiger partial charge in [-0.25, -0.2) is 4.79 Å². The van der Waals surface area contributed by atoms with Crippen LogP contribution in [-0.4, -0.2) is 25.0 Å². The van der Waals surface area contributed by atoms with Crippen molar-refractivity contribution in [2.45, 2.75) is 19.4 Å². The molecule has 1 atom stereocenters. The molecule has 4 nitrogen and oxygen atoms in total. The molecule has 0 N–H and O–H groups in total. The van der Waals surface area contributed by atoms with Gasteiger partial charge >= 0.3 is 12.4 Å². The van der Waals surface area contributed by atoms with Crippen molar-refractivity contribution in [1.29, 1.82) is 0 Å². The lowest BCUT2D eigenvalue weighted by Gasteiger charge is -2.27. The quantitative estimate of drug-likeness (QED) is 0.482. The zero-order valence-electron chi connectivity index (χ0n) is 14.6. The average Bonchev–Trinajstić information content (AvgIpc) is 2.69. The summed E-state index contributed by atoms with van der Waals surface area (Å²) in [4.78, 5) is 25.9. The summed E-state index contributed by atoms with van der Waals surface area (Å²) >= 11 is 0. The molecule has 0 aliphatic rings. The van der Waals surface area contributed by atoms with Gasteiger partial charge in [-0.2, -0.15) is 0 Å². The fourth-order valence-electron chi connectivity index (χ4n) is 3.05. The van der Waals surface area contributed by atoms with Crippen molar-refractivity contribution in [1.82, 2.24) is 0 Å². The van der Waals surface area contributed by atoms with E-state index in [2.05, 4.69) is 0 Å². The summed E-state index contributed by atoms with van der Waals surface area (Å²) in [6.45, 7) is 2.01. The number of hydrogen-bond acceptors (Lipinski definition) is 3. The number of ether oxygens (including phenoxy) is 1. The number of benzene rings is 3. The molecule has 0 bridgehead atoms. The van der Waals surface area contributed by atoms with Gasteiger partial charge in [-0.3, -0.25) is 9.69 Å². The molecule has 1 radical (unpaired) electrons. The van der Waals surface area contributed by atoms with Gasteiger partial charge in [0.25, 0.3) is 0 Å². The van der Waals surface area contributed by atoms with Crippen LogP contribution >= 0.6 is 0 Å². The Morgan fingerprint density at radius 1 is 1.00 bits per heavy atom. The summed E-state index contributed by atoms with van der Waals surface area (Å²) in [6, 6.07) is 22.2. The second-order valence-corrected chi connectivity index (χ2v) is 5.92. The van der Waals surface area contributed by atoms with Gasteiger partial charge in [-0.1, -0.05) is 66.7 Å². The third kappa shape index (κ3) is 3.75. The monoisotopic (exact) mass is 346 g/mol. The standard InChI is InChI=1S/C22H20NO3/c1-2-26-22(25)21(15-17-9-4-3-5-10-17)23(16-24)20-14-8-12-18-11-6-7-13-19(18)20/h3-14,21H,2,15H2,1H3. The van der Waals surface area contributed by atoms with Crippen molar-refractivity contribution in [3.63, 3.8) is 0 Å². The van der Waals surface area contributed by atoms with E-state index in [0.717, 1.165) is 16.3 Å². The van der Waals surface area contributed by atoms with E-state index in [1.54, 1.807) is 6.92 Å². The maximum atomic E-state index is 12.6. The van der Waals surface area contributed by atoms with E-state index in [4.69, 9.17) is 4.74 Å². The Morgan fingerprint density at radius 2 is 1.69 bits per heavy atom. The number of fused-ring (bicyclic) bond motifs is 1. The molecule has 26 heavy (non-hydrogen) atoms. The van der Waals surface area contributed by atoms with E-state index in [0.29, 0.717) is 12.1 Å². The fourth-order valence-corrected chi connectivity index (χ4v) is 3.05. The van der Waals surface area contributed by atoms with Gasteiger partial charge in [0.15, 0.2) is 0 Å². The molecule has 0 aliphatic carbocycles. The SMILES string of the molecule is CCOC(=O)C(Cc1ccccc1)N([C]=O)c1cccc2ccccc12. The lowest BCUT2D eigenvalue weighted by atomic mass is 10.0. The van der Waals surface area contributed by atoms with Crippen LogP contribution in [0.1, 0.15) is 12.5 Å². The number of carbonyl (C=O) groups excluding carboxylic acids is 2. The van der Waals surface area contributed by atoms with Crippen LogP contribution in [0, 0.1) is 0 Å². The van der Waals surface area contributed by atoms with Crippen molar-refractivity contribution in [3.05, 3.63) is 78.4 Å². The Bertz CT molecular complexity index is 887. The van der Waals surface area contributed by atoms with Crippen LogP contribution in [0.15, 0.2) is 72.8 Å². The first-order chi connectivity index (χ1) is 12.7. The van der Waals surface area contributed by atoms with E-state index in [-0.39, 0.29) is 6.61 Å². The second-order valence-electron chi connectivity index (χ2n) is 5.92. The molecule has 0 aromatic heterocycles. The highest BCUT2D eigenvalue weighted by Crippen LogP contribution is 2.28. The highest BCUT2D eigenvalue weighted by atomic mass is 16.5. The van der Waals surface area contributed by atoms with Gasteiger partial charge in [0.05, 0.1) is 12.3 Å². The summed E-state index contributed by atoms with van der Waals surface area (Å²) in [5.74, 6) is -0.437. The maximum absolute atomic E-state index is 12.6. The average molecular weight is 346 g/mol. The molecular weight excluding hydrogens is 326 g/mol. The van der Waals surface area contributed by atoms with E-state index >= 15 is 0 Å². The number of amides is 1. The molecule has 1 amide bonds. The minimum Gasteiger partial charge on any atom is -0.464 e. The number of hydrogen-bond donors (Lipinski definition) is 0. The normalized spacial score (nSPS) is 11.7. The molecule has 0 spiro atoms. The van der Waals surface area contributed by atoms with Crippen molar-refractivity contribution in [2.75, 3.05) is 11.5 Å². The third-order valence-corrected chi connectivity index (χ3v) is 4.27. The van der Waals surface area contributed by atoms with Crippen LogP contribution in [0.25, 0.3) is 10.8 Å². The lowest BCUT2D eigenvalue weighted by Crippen LogP contribution is -2.43. The van der Waals surface area contributed by atoms with Crippen LogP contribution in [0.5, 0.6) is 0 Å². The summed E-state index contributed by atoms with van der Waals surface area (Å²) in [5, 5.41) is 1.88. The summed E-state index contributed by atoms with van der Waals surface area (Å²) in [6.07, 6.45) is 2.31.